The van der Waals surface area contributed by atoms with Gasteiger partial charge >= 0.3 is 0 Å². The number of nitrogens with zero attached hydrogens (tertiary/aromatic N) is 4. The molecule has 0 aliphatic heterocycles. The number of amidine groups is 1. The summed E-state index contributed by atoms with van der Waals surface area (Å²) in [6, 6.07) is 14.9. The third-order valence-corrected chi connectivity index (χ3v) is 3.11. The lowest BCUT2D eigenvalue weighted by atomic mass is 10.3. The van der Waals surface area contributed by atoms with E-state index in [0.717, 1.165) is 16.7 Å². The second-order valence-corrected chi connectivity index (χ2v) is 4.99. The van der Waals surface area contributed by atoms with Gasteiger partial charge in [0.2, 0.25) is 5.95 Å². The number of para-hydroxylation sites is 2. The Morgan fingerprint density at radius 3 is 2.68 bits per heavy atom. The number of rotatable bonds is 3. The molecule has 0 amide bonds. The number of aromatic amines is 1. The highest BCUT2D eigenvalue weighted by Crippen LogP contribution is 2.16. The first-order valence-electron chi connectivity index (χ1n) is 6.63. The second-order valence-electron chi connectivity index (χ2n) is 4.56. The van der Waals surface area contributed by atoms with Gasteiger partial charge in [0, 0.05) is 5.02 Å². The zero-order valence-corrected chi connectivity index (χ0v) is 12.5. The second kappa shape index (κ2) is 6.36. The van der Waals surface area contributed by atoms with Crippen molar-refractivity contribution in [3.63, 3.8) is 0 Å². The number of anilines is 1. The molecule has 3 aromatic rings. The molecule has 0 unspecified atom stereocenters. The Morgan fingerprint density at radius 2 is 1.91 bits per heavy atom. The summed E-state index contributed by atoms with van der Waals surface area (Å²) in [4.78, 5) is 7.38. The van der Waals surface area contributed by atoms with E-state index in [1.165, 1.54) is 0 Å². The molecule has 0 fully saturated rings. The number of H-pyrrole nitrogens is 1. The Labute approximate surface area is 131 Å². The van der Waals surface area contributed by atoms with E-state index in [1.807, 2.05) is 36.4 Å². The van der Waals surface area contributed by atoms with Gasteiger partial charge in [-0.3, -0.25) is 5.43 Å². The molecule has 0 saturated carbocycles. The molecule has 0 radical (unpaired) electrons. The molecule has 110 valence electrons. The third kappa shape index (κ3) is 3.48. The zero-order chi connectivity index (χ0) is 15.4. The molecule has 2 aromatic carbocycles. The van der Waals surface area contributed by atoms with Crippen molar-refractivity contribution in [2.45, 2.75) is 6.92 Å². The smallest absolute Gasteiger partial charge is 0.247 e. The Hall–Kier alpha value is -2.73. The Kier molecular flexibility index (Phi) is 4.11. The summed E-state index contributed by atoms with van der Waals surface area (Å²) in [5.74, 6) is 0.928. The minimum atomic E-state index is 0.447. The highest BCUT2D eigenvalue weighted by molar-refractivity contribution is 6.30. The molecular weight excluding hydrogens is 300 g/mol. The lowest BCUT2D eigenvalue weighted by Gasteiger charge is -1.99. The van der Waals surface area contributed by atoms with Crippen LogP contribution in [-0.4, -0.2) is 15.8 Å². The molecular formula is C15H13ClN6. The molecule has 0 bridgehead atoms. The lowest BCUT2D eigenvalue weighted by molar-refractivity contribution is 1.14. The van der Waals surface area contributed by atoms with E-state index in [9.17, 15) is 0 Å². The van der Waals surface area contributed by atoms with E-state index in [0.29, 0.717) is 16.8 Å². The summed E-state index contributed by atoms with van der Waals surface area (Å²) >= 11 is 5.82. The monoisotopic (exact) mass is 312 g/mol. The Morgan fingerprint density at radius 1 is 1.14 bits per heavy atom. The SMILES string of the molecule is C/C(N=Nc1nc2ccccc2[nH]1)=N/Nc1ccc(Cl)cc1. The third-order valence-electron chi connectivity index (χ3n) is 2.86. The summed E-state index contributed by atoms with van der Waals surface area (Å²) < 4.78 is 0. The summed E-state index contributed by atoms with van der Waals surface area (Å²) in [7, 11) is 0. The summed E-state index contributed by atoms with van der Waals surface area (Å²) in [5.41, 5.74) is 5.48. The van der Waals surface area contributed by atoms with Crippen molar-refractivity contribution >= 4 is 40.1 Å². The molecule has 0 atom stereocenters. The predicted molar refractivity (Wildman–Crippen MR) is 88.8 cm³/mol. The van der Waals surface area contributed by atoms with Crippen LogP contribution in [0.5, 0.6) is 0 Å². The van der Waals surface area contributed by atoms with E-state index in [1.54, 1.807) is 19.1 Å². The number of nitrogens with one attached hydrogen (secondary N) is 2. The van der Waals surface area contributed by atoms with Gasteiger partial charge in [-0.25, -0.2) is 4.98 Å². The van der Waals surface area contributed by atoms with Crippen LogP contribution in [-0.2, 0) is 0 Å². The minimum Gasteiger partial charge on any atom is -0.321 e. The number of fused-ring (bicyclic) bond motifs is 1. The van der Waals surface area contributed by atoms with Gasteiger partial charge in [-0.05, 0) is 43.3 Å². The molecule has 0 saturated heterocycles. The van der Waals surface area contributed by atoms with Crippen LogP contribution in [0.25, 0.3) is 11.0 Å². The molecule has 3 rings (SSSR count). The van der Waals surface area contributed by atoms with Gasteiger partial charge in [0.05, 0.1) is 16.7 Å². The fourth-order valence-electron chi connectivity index (χ4n) is 1.80. The number of hydrazone groups is 1. The van der Waals surface area contributed by atoms with Crippen molar-refractivity contribution in [2.75, 3.05) is 5.43 Å². The Bertz CT molecular complexity index is 802. The summed E-state index contributed by atoms with van der Waals surface area (Å²) in [5, 5.41) is 12.8. The van der Waals surface area contributed by atoms with Gasteiger partial charge in [0.1, 0.15) is 0 Å². The van der Waals surface area contributed by atoms with Crippen LogP contribution >= 0.6 is 11.6 Å². The highest BCUT2D eigenvalue weighted by Gasteiger charge is 1.99. The largest absolute Gasteiger partial charge is 0.321 e. The van der Waals surface area contributed by atoms with Gasteiger partial charge in [0.25, 0.3) is 0 Å². The number of benzene rings is 2. The van der Waals surface area contributed by atoms with Crippen molar-refractivity contribution in [1.82, 2.24) is 9.97 Å². The van der Waals surface area contributed by atoms with Crippen LogP contribution in [0.15, 0.2) is 63.9 Å². The fraction of sp³-hybridized carbons (Fsp3) is 0.0667. The fourth-order valence-corrected chi connectivity index (χ4v) is 1.92. The Balaban J connectivity index is 1.68. The maximum Gasteiger partial charge on any atom is 0.247 e. The predicted octanol–water partition coefficient (Wildman–Crippen LogP) is 4.75. The van der Waals surface area contributed by atoms with Crippen LogP contribution < -0.4 is 5.43 Å². The number of hydrogen-bond acceptors (Lipinski definition) is 4. The molecule has 0 spiro atoms. The normalized spacial score (nSPS) is 12.2. The van der Waals surface area contributed by atoms with Crippen molar-refractivity contribution in [1.29, 1.82) is 0 Å². The lowest BCUT2D eigenvalue weighted by Crippen LogP contribution is -1.93. The van der Waals surface area contributed by atoms with E-state index in [-0.39, 0.29) is 0 Å². The minimum absolute atomic E-state index is 0.447. The number of aromatic nitrogens is 2. The maximum absolute atomic E-state index is 5.82. The molecule has 7 heteroatoms. The first-order chi connectivity index (χ1) is 10.7. The van der Waals surface area contributed by atoms with Gasteiger partial charge in [-0.2, -0.15) is 5.10 Å². The molecule has 22 heavy (non-hydrogen) atoms. The molecule has 0 aliphatic carbocycles. The number of imidazole rings is 1. The van der Waals surface area contributed by atoms with Crippen LogP contribution in [0, 0.1) is 0 Å². The topological polar surface area (TPSA) is 77.8 Å². The average molecular weight is 313 g/mol. The van der Waals surface area contributed by atoms with E-state index in [2.05, 4.69) is 30.7 Å². The van der Waals surface area contributed by atoms with Crippen LogP contribution in [0.1, 0.15) is 6.92 Å². The summed E-state index contributed by atoms with van der Waals surface area (Å²) in [6.45, 7) is 1.75. The van der Waals surface area contributed by atoms with Crippen molar-refractivity contribution in [3.05, 3.63) is 53.6 Å². The standard InChI is InChI=1S/C15H13ClN6/c1-10(19-21-12-8-6-11(16)7-9-12)20-22-15-17-13-4-2-3-5-14(13)18-15/h2-9,21H,1H3,(H,17,18)/b19-10-,22-20?. The number of azo groups is 1. The van der Waals surface area contributed by atoms with E-state index >= 15 is 0 Å². The van der Waals surface area contributed by atoms with Gasteiger partial charge in [-0.15, -0.1) is 10.2 Å². The maximum atomic E-state index is 5.82. The van der Waals surface area contributed by atoms with Crippen LogP contribution in [0.3, 0.4) is 0 Å². The molecule has 6 nitrogen and oxygen atoms in total. The van der Waals surface area contributed by atoms with Crippen molar-refractivity contribution < 1.29 is 0 Å². The molecule has 0 aliphatic rings. The molecule has 1 aromatic heterocycles. The van der Waals surface area contributed by atoms with Crippen LogP contribution in [0.4, 0.5) is 11.6 Å². The molecule has 1 heterocycles. The van der Waals surface area contributed by atoms with Gasteiger partial charge in [-0.1, -0.05) is 23.7 Å². The number of halogens is 1. The average Bonchev–Trinajstić information content (AvgIpc) is 2.95. The van der Waals surface area contributed by atoms with Gasteiger partial charge in [0.15, 0.2) is 5.84 Å². The zero-order valence-electron chi connectivity index (χ0n) is 11.8. The molecule has 2 N–H and O–H groups in total. The highest BCUT2D eigenvalue weighted by atomic mass is 35.5. The quantitative estimate of drug-likeness (QED) is 0.317. The summed E-state index contributed by atoms with van der Waals surface area (Å²) in [6.07, 6.45) is 0. The number of hydrogen-bond donors (Lipinski definition) is 2. The van der Waals surface area contributed by atoms with Gasteiger partial charge < -0.3 is 4.98 Å². The van der Waals surface area contributed by atoms with Crippen molar-refractivity contribution in [2.24, 2.45) is 15.3 Å². The van der Waals surface area contributed by atoms with E-state index in [4.69, 9.17) is 11.6 Å². The van der Waals surface area contributed by atoms with Crippen molar-refractivity contribution in [3.8, 4) is 0 Å². The first kappa shape index (κ1) is 14.2. The van der Waals surface area contributed by atoms with E-state index < -0.39 is 0 Å². The van der Waals surface area contributed by atoms with Crippen LogP contribution in [0.2, 0.25) is 5.02 Å². The first-order valence-corrected chi connectivity index (χ1v) is 7.01.